The molecule has 1 unspecified atom stereocenters. The Morgan fingerprint density at radius 2 is 1.79 bits per heavy atom. The highest BCUT2D eigenvalue weighted by Gasteiger charge is 2.15. The Bertz CT molecular complexity index is 348. The average molecular weight is 345 g/mol. The molecule has 0 fully saturated rings. The van der Waals surface area contributed by atoms with Gasteiger partial charge in [0.1, 0.15) is 12.9 Å². The van der Waals surface area contributed by atoms with Crippen LogP contribution in [-0.2, 0) is 23.9 Å². The summed E-state index contributed by atoms with van der Waals surface area (Å²) in [6.07, 6.45) is 5.32. The van der Waals surface area contributed by atoms with E-state index in [1.165, 1.54) is 0 Å². The smallest absolute Gasteiger partial charge is 0.306 e. The molecule has 0 radical (unpaired) electrons. The van der Waals surface area contributed by atoms with Crippen molar-refractivity contribution in [1.82, 2.24) is 5.32 Å². The molecule has 7 nitrogen and oxygen atoms in total. The zero-order chi connectivity index (χ0) is 18.0. The van der Waals surface area contributed by atoms with E-state index in [1.807, 2.05) is 6.92 Å². The normalized spacial score (nSPS) is 11.8. The van der Waals surface area contributed by atoms with E-state index in [1.54, 1.807) is 0 Å². The minimum atomic E-state index is -0.812. The Balaban J connectivity index is 3.71. The number of nitrogens with one attached hydrogen (secondary N) is 1. The molecule has 0 aliphatic rings. The molecule has 0 aromatic rings. The van der Waals surface area contributed by atoms with Crippen molar-refractivity contribution < 1.29 is 29.0 Å². The number of carbonyl (C=O) groups is 3. The Morgan fingerprint density at radius 1 is 1.08 bits per heavy atom. The Labute approximate surface area is 144 Å². The lowest BCUT2D eigenvalue weighted by Gasteiger charge is -2.15. The average Bonchev–Trinajstić information content (AvgIpc) is 2.58. The fourth-order valence-electron chi connectivity index (χ4n) is 1.94. The van der Waals surface area contributed by atoms with Crippen molar-refractivity contribution in [2.24, 2.45) is 0 Å². The molecular formula is C17H31NO6. The lowest BCUT2D eigenvalue weighted by atomic mass is 10.2. The van der Waals surface area contributed by atoms with Crippen LogP contribution in [0.15, 0.2) is 0 Å². The zero-order valence-corrected chi connectivity index (χ0v) is 14.6. The quantitative estimate of drug-likeness (QED) is 0.247. The lowest BCUT2D eigenvalue weighted by molar-refractivity contribution is -0.161. The van der Waals surface area contributed by atoms with Gasteiger partial charge in [-0.3, -0.25) is 9.59 Å². The van der Waals surface area contributed by atoms with E-state index < -0.39 is 12.1 Å². The summed E-state index contributed by atoms with van der Waals surface area (Å²) in [6, 6.07) is 0. The van der Waals surface area contributed by atoms with Crippen molar-refractivity contribution in [3.8, 4) is 0 Å². The van der Waals surface area contributed by atoms with E-state index in [0.29, 0.717) is 25.8 Å². The van der Waals surface area contributed by atoms with Crippen molar-refractivity contribution in [1.29, 1.82) is 0 Å². The van der Waals surface area contributed by atoms with Crippen LogP contribution >= 0.6 is 0 Å². The van der Waals surface area contributed by atoms with Crippen molar-refractivity contribution in [2.45, 2.75) is 64.4 Å². The molecule has 0 aliphatic carbocycles. The number of rotatable bonds is 16. The SMILES string of the molecule is CCCCCC(=O)OCC(CO)OC(=O)CCCNCCCC=O. The third-order valence-electron chi connectivity index (χ3n) is 3.33. The van der Waals surface area contributed by atoms with Crippen molar-refractivity contribution in [3.63, 3.8) is 0 Å². The molecule has 0 saturated heterocycles. The van der Waals surface area contributed by atoms with Gasteiger partial charge in [-0.15, -0.1) is 0 Å². The summed E-state index contributed by atoms with van der Waals surface area (Å²) < 4.78 is 10.1. The minimum absolute atomic E-state index is 0.114. The van der Waals surface area contributed by atoms with Gasteiger partial charge >= 0.3 is 11.9 Å². The summed E-state index contributed by atoms with van der Waals surface area (Å²) in [6.45, 7) is 2.95. The maximum Gasteiger partial charge on any atom is 0.306 e. The molecule has 24 heavy (non-hydrogen) atoms. The summed E-state index contributed by atoms with van der Waals surface area (Å²) in [5, 5.41) is 12.3. The van der Waals surface area contributed by atoms with Crippen LogP contribution in [0.4, 0.5) is 0 Å². The number of unbranched alkanes of at least 4 members (excludes halogenated alkanes) is 3. The van der Waals surface area contributed by atoms with Gasteiger partial charge in [0.2, 0.25) is 0 Å². The summed E-state index contributed by atoms with van der Waals surface area (Å²) in [5.41, 5.74) is 0. The summed E-state index contributed by atoms with van der Waals surface area (Å²) in [5.74, 6) is -0.761. The fourth-order valence-corrected chi connectivity index (χ4v) is 1.94. The van der Waals surface area contributed by atoms with Gasteiger partial charge in [0.25, 0.3) is 0 Å². The highest BCUT2D eigenvalue weighted by molar-refractivity contribution is 5.70. The number of aliphatic hydroxyl groups excluding tert-OH is 1. The second kappa shape index (κ2) is 16.4. The number of esters is 2. The number of hydrogen-bond donors (Lipinski definition) is 2. The summed E-state index contributed by atoms with van der Waals surface area (Å²) in [7, 11) is 0. The summed E-state index contributed by atoms with van der Waals surface area (Å²) in [4.78, 5) is 33.3. The molecule has 0 spiro atoms. The Hall–Kier alpha value is -1.47. The molecule has 0 aromatic heterocycles. The first-order valence-electron chi connectivity index (χ1n) is 8.74. The molecule has 0 saturated carbocycles. The number of ether oxygens (including phenoxy) is 2. The fraction of sp³-hybridized carbons (Fsp3) is 0.824. The third-order valence-corrected chi connectivity index (χ3v) is 3.33. The molecule has 7 heteroatoms. The molecular weight excluding hydrogens is 314 g/mol. The summed E-state index contributed by atoms with van der Waals surface area (Å²) >= 11 is 0. The van der Waals surface area contributed by atoms with Gasteiger partial charge in [-0.2, -0.15) is 0 Å². The standard InChI is InChI=1S/C17H31NO6/c1-2-3-4-8-16(21)23-14-15(13-20)24-17(22)9-7-11-18-10-5-6-12-19/h12,15,18,20H,2-11,13-14H2,1H3. The van der Waals surface area contributed by atoms with Gasteiger partial charge in [0.05, 0.1) is 6.61 Å². The zero-order valence-electron chi connectivity index (χ0n) is 14.6. The number of hydrogen-bond acceptors (Lipinski definition) is 7. The van der Waals surface area contributed by atoms with Crippen LogP contribution in [0.3, 0.4) is 0 Å². The van der Waals surface area contributed by atoms with Gasteiger partial charge in [0, 0.05) is 19.3 Å². The molecule has 0 aliphatic heterocycles. The molecule has 0 rings (SSSR count). The highest BCUT2D eigenvalue weighted by atomic mass is 16.6. The molecule has 2 N–H and O–H groups in total. The van der Waals surface area contributed by atoms with Gasteiger partial charge in [-0.25, -0.2) is 0 Å². The van der Waals surface area contributed by atoms with Crippen molar-refractivity contribution in [2.75, 3.05) is 26.3 Å². The Kier molecular flexibility index (Phi) is 15.4. The Morgan fingerprint density at radius 3 is 2.46 bits per heavy atom. The van der Waals surface area contributed by atoms with Crippen LogP contribution in [0.25, 0.3) is 0 Å². The minimum Gasteiger partial charge on any atom is -0.462 e. The van der Waals surface area contributed by atoms with Crippen molar-refractivity contribution in [3.05, 3.63) is 0 Å². The molecule has 140 valence electrons. The molecule has 1 atom stereocenters. The first kappa shape index (κ1) is 22.5. The molecule has 0 amide bonds. The van der Waals surface area contributed by atoms with Crippen LogP contribution in [0, 0.1) is 0 Å². The third kappa shape index (κ3) is 14.1. The van der Waals surface area contributed by atoms with Crippen LogP contribution in [-0.4, -0.2) is 55.7 Å². The largest absolute Gasteiger partial charge is 0.462 e. The van der Waals surface area contributed by atoms with E-state index in [2.05, 4.69) is 5.32 Å². The van der Waals surface area contributed by atoms with E-state index in [-0.39, 0.29) is 25.6 Å². The molecule has 0 bridgehead atoms. The molecule has 0 heterocycles. The van der Waals surface area contributed by atoms with Gasteiger partial charge in [-0.05, 0) is 32.4 Å². The van der Waals surface area contributed by atoms with E-state index in [4.69, 9.17) is 9.47 Å². The van der Waals surface area contributed by atoms with Crippen molar-refractivity contribution >= 4 is 18.2 Å². The second-order valence-corrected chi connectivity index (χ2v) is 5.60. The maximum atomic E-state index is 11.7. The predicted octanol–water partition coefficient (Wildman–Crippen LogP) is 1.36. The lowest BCUT2D eigenvalue weighted by Crippen LogP contribution is -2.29. The first-order valence-corrected chi connectivity index (χ1v) is 8.74. The number of aliphatic hydroxyl groups is 1. The maximum absolute atomic E-state index is 11.7. The van der Waals surface area contributed by atoms with Gasteiger partial charge < -0.3 is 24.7 Å². The predicted molar refractivity (Wildman–Crippen MR) is 89.5 cm³/mol. The van der Waals surface area contributed by atoms with E-state index >= 15 is 0 Å². The van der Waals surface area contributed by atoms with E-state index in [9.17, 15) is 19.5 Å². The van der Waals surface area contributed by atoms with Crippen LogP contribution in [0.2, 0.25) is 0 Å². The number of carbonyl (C=O) groups excluding carboxylic acids is 3. The topological polar surface area (TPSA) is 102 Å². The van der Waals surface area contributed by atoms with Gasteiger partial charge in [0.15, 0.2) is 6.10 Å². The number of aldehydes is 1. The highest BCUT2D eigenvalue weighted by Crippen LogP contribution is 2.03. The van der Waals surface area contributed by atoms with Crippen LogP contribution in [0.1, 0.15) is 58.3 Å². The second-order valence-electron chi connectivity index (χ2n) is 5.60. The van der Waals surface area contributed by atoms with Crippen LogP contribution in [0.5, 0.6) is 0 Å². The van der Waals surface area contributed by atoms with Gasteiger partial charge in [-0.1, -0.05) is 19.8 Å². The first-order chi connectivity index (χ1) is 11.6. The van der Waals surface area contributed by atoms with Crippen LogP contribution < -0.4 is 5.32 Å². The molecule has 0 aromatic carbocycles. The van der Waals surface area contributed by atoms with E-state index in [0.717, 1.165) is 38.5 Å². The monoisotopic (exact) mass is 345 g/mol.